The van der Waals surface area contributed by atoms with Gasteiger partial charge in [0.15, 0.2) is 5.69 Å². The summed E-state index contributed by atoms with van der Waals surface area (Å²) in [6, 6.07) is 13.8. The Morgan fingerprint density at radius 3 is 2.52 bits per heavy atom. The van der Waals surface area contributed by atoms with Gasteiger partial charge in [-0.25, -0.2) is 9.37 Å². The van der Waals surface area contributed by atoms with Crippen LogP contribution in [0.1, 0.15) is 22.5 Å². The van der Waals surface area contributed by atoms with E-state index in [-0.39, 0.29) is 23.8 Å². The highest BCUT2D eigenvalue weighted by atomic mass is 35.5. The summed E-state index contributed by atoms with van der Waals surface area (Å²) in [5.41, 5.74) is 3.35. The second-order valence-corrected chi connectivity index (χ2v) is 7.32. The molecule has 6 nitrogen and oxygen atoms in total. The minimum Gasteiger partial charge on any atom is -0.326 e. The molecule has 0 aliphatic heterocycles. The van der Waals surface area contributed by atoms with Crippen LogP contribution in [0.25, 0.3) is 0 Å². The van der Waals surface area contributed by atoms with Gasteiger partial charge in [-0.1, -0.05) is 29.8 Å². The number of aromatic nitrogens is 2. The molecule has 0 radical (unpaired) electrons. The molecule has 0 saturated carbocycles. The predicted molar refractivity (Wildman–Crippen MR) is 117 cm³/mol. The number of carbonyl (C=O) groups is 1. The van der Waals surface area contributed by atoms with E-state index in [2.05, 4.69) is 20.6 Å². The van der Waals surface area contributed by atoms with Crippen molar-refractivity contribution in [1.82, 2.24) is 15.3 Å². The number of amides is 1. The number of carbonyl (C=O) groups excluding carboxylic acids is 1. The van der Waals surface area contributed by atoms with E-state index >= 15 is 0 Å². The molecule has 0 spiro atoms. The zero-order valence-electron chi connectivity index (χ0n) is 16.7. The molecular weight excluding hydrogens is 417 g/mol. The maximum absolute atomic E-state index is 12.9. The van der Waals surface area contributed by atoms with Gasteiger partial charge in [-0.05, 0) is 61.3 Å². The molecule has 1 aromatic heterocycles. The van der Waals surface area contributed by atoms with Crippen molar-refractivity contribution >= 4 is 23.2 Å². The molecule has 0 fully saturated rings. The van der Waals surface area contributed by atoms with Crippen LogP contribution in [-0.2, 0) is 24.1 Å². The average molecular weight is 438 g/mol. The van der Waals surface area contributed by atoms with Crippen molar-refractivity contribution in [2.24, 2.45) is 0 Å². The van der Waals surface area contributed by atoms with Crippen molar-refractivity contribution in [3.05, 3.63) is 88.2 Å². The smallest absolute Gasteiger partial charge is 0.230 e. The summed E-state index contributed by atoms with van der Waals surface area (Å²) in [5.74, 6) is -0.473. The number of nitrogens with zero attached hydrogens (tertiary/aromatic N) is 3. The molecule has 8 heteroatoms. The zero-order valence-corrected chi connectivity index (χ0v) is 17.5. The summed E-state index contributed by atoms with van der Waals surface area (Å²) in [4.78, 5) is 20.1. The number of anilines is 1. The van der Waals surface area contributed by atoms with Gasteiger partial charge in [0, 0.05) is 10.7 Å². The molecule has 1 heterocycles. The Morgan fingerprint density at radius 2 is 1.84 bits per heavy atom. The highest BCUT2D eigenvalue weighted by molar-refractivity contribution is 6.31. The van der Waals surface area contributed by atoms with Gasteiger partial charge in [0.2, 0.25) is 5.91 Å². The molecule has 2 N–H and O–H groups in total. The van der Waals surface area contributed by atoms with Crippen LogP contribution in [0.4, 0.5) is 10.1 Å². The summed E-state index contributed by atoms with van der Waals surface area (Å²) in [5, 5.41) is 15.4. The molecule has 0 aliphatic carbocycles. The largest absolute Gasteiger partial charge is 0.326 e. The quantitative estimate of drug-likeness (QED) is 0.498. The van der Waals surface area contributed by atoms with E-state index in [0.717, 1.165) is 37.1 Å². The van der Waals surface area contributed by atoms with Crippen molar-refractivity contribution in [3.8, 4) is 6.07 Å². The molecule has 158 valence electrons. The first-order chi connectivity index (χ1) is 15.0. The molecule has 0 atom stereocenters. The second-order valence-electron chi connectivity index (χ2n) is 6.91. The minimum absolute atomic E-state index is 0.0516. The van der Waals surface area contributed by atoms with Gasteiger partial charge in [-0.3, -0.25) is 9.78 Å². The van der Waals surface area contributed by atoms with Gasteiger partial charge in [-0.2, -0.15) is 5.26 Å². The molecule has 3 rings (SSSR count). The summed E-state index contributed by atoms with van der Waals surface area (Å²) in [6.45, 7) is 1.54. The number of rotatable bonds is 9. The van der Waals surface area contributed by atoms with Crippen molar-refractivity contribution in [2.45, 2.75) is 19.3 Å². The lowest BCUT2D eigenvalue weighted by molar-refractivity contribution is -0.115. The maximum atomic E-state index is 12.9. The van der Waals surface area contributed by atoms with E-state index in [1.54, 1.807) is 18.2 Å². The first kappa shape index (κ1) is 22.3. The van der Waals surface area contributed by atoms with E-state index in [0.29, 0.717) is 16.4 Å². The number of nitriles is 1. The van der Waals surface area contributed by atoms with Gasteiger partial charge in [-0.15, -0.1) is 0 Å². The average Bonchev–Trinajstić information content (AvgIpc) is 2.76. The number of hydrogen-bond acceptors (Lipinski definition) is 5. The molecule has 1 amide bonds. The minimum atomic E-state index is -0.245. The number of hydrogen-bond donors (Lipinski definition) is 2. The Hall–Kier alpha value is -3.34. The van der Waals surface area contributed by atoms with Crippen LogP contribution in [0, 0.1) is 17.1 Å². The van der Waals surface area contributed by atoms with Gasteiger partial charge in [0.25, 0.3) is 0 Å². The fourth-order valence-electron chi connectivity index (χ4n) is 2.93. The van der Waals surface area contributed by atoms with Gasteiger partial charge in [0.1, 0.15) is 11.9 Å². The third-order valence-electron chi connectivity index (χ3n) is 4.57. The Morgan fingerprint density at radius 1 is 1.06 bits per heavy atom. The Balaban J connectivity index is 1.42. The van der Waals surface area contributed by atoms with E-state index in [9.17, 15) is 9.18 Å². The van der Waals surface area contributed by atoms with Crippen LogP contribution in [0.5, 0.6) is 0 Å². The van der Waals surface area contributed by atoms with Crippen molar-refractivity contribution < 1.29 is 9.18 Å². The van der Waals surface area contributed by atoms with E-state index in [1.807, 2.05) is 18.2 Å². The lowest BCUT2D eigenvalue weighted by atomic mass is 10.1. The highest BCUT2D eigenvalue weighted by Crippen LogP contribution is 2.21. The maximum Gasteiger partial charge on any atom is 0.230 e. The predicted octanol–water partition coefficient (Wildman–Crippen LogP) is 3.70. The third-order valence-corrected chi connectivity index (χ3v) is 4.93. The zero-order chi connectivity index (χ0) is 22.1. The van der Waals surface area contributed by atoms with Crippen molar-refractivity contribution in [2.75, 3.05) is 18.4 Å². The van der Waals surface area contributed by atoms with Gasteiger partial charge < -0.3 is 10.6 Å². The Kier molecular flexibility index (Phi) is 8.05. The standard InChI is InChI=1S/C23H21ClFN5O/c24-22-11-19(30-23(31)12-20-14-29-21(13-26)15-28-20)6-3-17(22)8-10-27-9-7-16-1-4-18(25)5-2-16/h1-6,11,14-15,27H,7-10,12H2,(H,30,31). The van der Waals surface area contributed by atoms with Gasteiger partial charge >= 0.3 is 0 Å². The van der Waals surface area contributed by atoms with Crippen LogP contribution in [0.3, 0.4) is 0 Å². The van der Waals surface area contributed by atoms with Crippen LogP contribution in [-0.4, -0.2) is 29.0 Å². The molecular formula is C23H21ClFN5O. The van der Waals surface area contributed by atoms with Crippen LogP contribution < -0.4 is 10.6 Å². The molecule has 3 aromatic rings. The summed E-state index contributed by atoms with van der Waals surface area (Å²) >= 11 is 6.36. The topological polar surface area (TPSA) is 90.7 Å². The number of benzene rings is 2. The second kappa shape index (κ2) is 11.2. The van der Waals surface area contributed by atoms with Crippen LogP contribution >= 0.6 is 11.6 Å². The van der Waals surface area contributed by atoms with E-state index < -0.39 is 0 Å². The Labute approximate surface area is 185 Å². The molecule has 0 unspecified atom stereocenters. The summed E-state index contributed by atoms with van der Waals surface area (Å²) < 4.78 is 12.9. The van der Waals surface area contributed by atoms with E-state index in [1.165, 1.54) is 24.5 Å². The Bertz CT molecular complexity index is 1060. The normalized spacial score (nSPS) is 10.5. The van der Waals surface area contributed by atoms with Crippen LogP contribution in [0.2, 0.25) is 5.02 Å². The molecule has 0 aliphatic rings. The fourth-order valence-corrected chi connectivity index (χ4v) is 3.21. The van der Waals surface area contributed by atoms with Gasteiger partial charge in [0.05, 0.1) is 24.5 Å². The van der Waals surface area contributed by atoms with Crippen molar-refractivity contribution in [1.29, 1.82) is 5.26 Å². The number of halogens is 2. The molecule has 0 bridgehead atoms. The van der Waals surface area contributed by atoms with E-state index in [4.69, 9.17) is 16.9 Å². The SMILES string of the molecule is N#Cc1cnc(CC(=O)Nc2ccc(CCNCCc3ccc(F)cc3)c(Cl)c2)cn1. The molecule has 0 saturated heterocycles. The highest BCUT2D eigenvalue weighted by Gasteiger charge is 2.08. The fraction of sp³-hybridized carbons (Fsp3) is 0.217. The molecule has 31 heavy (non-hydrogen) atoms. The van der Waals surface area contributed by atoms with Crippen LogP contribution in [0.15, 0.2) is 54.9 Å². The summed E-state index contributed by atoms with van der Waals surface area (Å²) in [6.07, 6.45) is 4.37. The lowest BCUT2D eigenvalue weighted by Gasteiger charge is -2.10. The monoisotopic (exact) mass is 437 g/mol. The van der Waals surface area contributed by atoms with Crippen molar-refractivity contribution in [3.63, 3.8) is 0 Å². The first-order valence-corrected chi connectivity index (χ1v) is 10.2. The molecule has 2 aromatic carbocycles. The third kappa shape index (κ3) is 7.14. The summed E-state index contributed by atoms with van der Waals surface area (Å²) in [7, 11) is 0. The lowest BCUT2D eigenvalue weighted by Crippen LogP contribution is -2.20. The number of nitrogens with one attached hydrogen (secondary N) is 2. The first-order valence-electron chi connectivity index (χ1n) is 9.78.